The van der Waals surface area contributed by atoms with Crippen molar-refractivity contribution in [3.63, 3.8) is 0 Å². The minimum absolute atomic E-state index is 0.119. The summed E-state index contributed by atoms with van der Waals surface area (Å²) in [6.45, 7) is 5.68. The molecule has 2 rings (SSSR count). The summed E-state index contributed by atoms with van der Waals surface area (Å²) in [5.41, 5.74) is 3.16. The van der Waals surface area contributed by atoms with Crippen LogP contribution in [0.25, 0.3) is 0 Å². The number of carbonyl (C=O) groups is 1. The Kier molecular flexibility index (Phi) is 5.40. The third-order valence-electron chi connectivity index (χ3n) is 3.87. The van der Waals surface area contributed by atoms with Crippen molar-refractivity contribution in [2.75, 3.05) is 5.32 Å². The Balaban J connectivity index is 2.11. The molecule has 0 spiro atoms. The first kappa shape index (κ1) is 18.2. The molecule has 0 bridgehead atoms. The Bertz CT molecular complexity index is 839. The van der Waals surface area contributed by atoms with E-state index in [4.69, 9.17) is 0 Å². The van der Waals surface area contributed by atoms with Crippen LogP contribution in [-0.2, 0) is 28.4 Å². The standard InChI is InChI=1S/C16H22N4O3S/c1-5-16(21)18-13-6-8-14(9-7-13)24(22,23)17-10-15-11(2)19-20(4)12(15)3/h6-9,17H,5,10H2,1-4H3,(H,18,21). The molecular formula is C16H22N4O3S. The van der Waals surface area contributed by atoms with Gasteiger partial charge in [-0.25, -0.2) is 13.1 Å². The maximum Gasteiger partial charge on any atom is 0.240 e. The number of hydrogen-bond donors (Lipinski definition) is 2. The van der Waals surface area contributed by atoms with E-state index in [0.29, 0.717) is 12.1 Å². The van der Waals surface area contributed by atoms with Crippen LogP contribution in [0.5, 0.6) is 0 Å². The number of anilines is 1. The lowest BCUT2D eigenvalue weighted by atomic mass is 10.2. The van der Waals surface area contributed by atoms with Gasteiger partial charge in [0, 0.05) is 37.0 Å². The topological polar surface area (TPSA) is 93.1 Å². The first-order valence-corrected chi connectivity index (χ1v) is 9.11. The molecule has 0 aliphatic rings. The van der Waals surface area contributed by atoms with Gasteiger partial charge in [-0.15, -0.1) is 0 Å². The number of aryl methyl sites for hydroxylation is 2. The van der Waals surface area contributed by atoms with Crippen LogP contribution in [0.2, 0.25) is 0 Å². The van der Waals surface area contributed by atoms with E-state index < -0.39 is 10.0 Å². The number of hydrogen-bond acceptors (Lipinski definition) is 4. The average molecular weight is 350 g/mol. The number of aromatic nitrogens is 2. The van der Waals surface area contributed by atoms with E-state index >= 15 is 0 Å². The van der Waals surface area contributed by atoms with Crippen molar-refractivity contribution in [3.8, 4) is 0 Å². The maximum atomic E-state index is 12.4. The molecule has 0 atom stereocenters. The van der Waals surface area contributed by atoms with Gasteiger partial charge in [0.25, 0.3) is 0 Å². The number of nitrogens with one attached hydrogen (secondary N) is 2. The number of amides is 1. The van der Waals surface area contributed by atoms with E-state index in [2.05, 4.69) is 15.1 Å². The smallest absolute Gasteiger partial charge is 0.240 e. The third kappa shape index (κ3) is 4.01. The minimum Gasteiger partial charge on any atom is -0.326 e. The van der Waals surface area contributed by atoms with E-state index in [1.807, 2.05) is 20.9 Å². The molecule has 0 fully saturated rings. The fraction of sp³-hybridized carbons (Fsp3) is 0.375. The molecule has 0 saturated heterocycles. The van der Waals surface area contributed by atoms with Crippen LogP contribution in [-0.4, -0.2) is 24.1 Å². The minimum atomic E-state index is -3.63. The molecule has 24 heavy (non-hydrogen) atoms. The molecule has 2 aromatic rings. The van der Waals surface area contributed by atoms with Crippen LogP contribution < -0.4 is 10.0 Å². The van der Waals surface area contributed by atoms with E-state index in [-0.39, 0.29) is 17.3 Å². The summed E-state index contributed by atoms with van der Waals surface area (Å²) in [6, 6.07) is 6.08. The van der Waals surface area contributed by atoms with Crippen molar-refractivity contribution in [1.29, 1.82) is 0 Å². The van der Waals surface area contributed by atoms with Crippen LogP contribution in [0.3, 0.4) is 0 Å². The van der Waals surface area contributed by atoms with E-state index in [1.54, 1.807) is 23.7 Å². The first-order chi connectivity index (χ1) is 11.2. The van der Waals surface area contributed by atoms with Crippen molar-refractivity contribution in [3.05, 3.63) is 41.2 Å². The zero-order valence-corrected chi connectivity index (χ0v) is 15.1. The van der Waals surface area contributed by atoms with Crippen LogP contribution in [0.15, 0.2) is 29.2 Å². The normalized spacial score (nSPS) is 11.5. The Labute approximate surface area is 142 Å². The number of benzene rings is 1. The molecule has 7 nitrogen and oxygen atoms in total. The fourth-order valence-corrected chi connectivity index (χ4v) is 3.29. The second kappa shape index (κ2) is 7.14. The lowest BCUT2D eigenvalue weighted by molar-refractivity contribution is -0.115. The van der Waals surface area contributed by atoms with Crippen LogP contribution in [0, 0.1) is 13.8 Å². The second-order valence-corrected chi connectivity index (χ2v) is 7.29. The highest BCUT2D eigenvalue weighted by Crippen LogP contribution is 2.16. The Hall–Kier alpha value is -2.19. The predicted octanol–water partition coefficient (Wildman–Crippen LogP) is 1.86. The second-order valence-electron chi connectivity index (χ2n) is 5.52. The Morgan fingerprint density at radius 2 is 1.83 bits per heavy atom. The SMILES string of the molecule is CCC(=O)Nc1ccc(S(=O)(=O)NCc2c(C)nn(C)c2C)cc1. The van der Waals surface area contributed by atoms with Gasteiger partial charge < -0.3 is 5.32 Å². The van der Waals surface area contributed by atoms with Gasteiger partial charge in [0.05, 0.1) is 10.6 Å². The van der Waals surface area contributed by atoms with Crippen LogP contribution in [0.1, 0.15) is 30.3 Å². The van der Waals surface area contributed by atoms with Gasteiger partial charge in [0.15, 0.2) is 0 Å². The molecule has 0 radical (unpaired) electrons. The van der Waals surface area contributed by atoms with E-state index in [1.165, 1.54) is 12.1 Å². The first-order valence-electron chi connectivity index (χ1n) is 7.63. The van der Waals surface area contributed by atoms with Crippen molar-refractivity contribution in [2.45, 2.75) is 38.6 Å². The van der Waals surface area contributed by atoms with E-state index in [9.17, 15) is 13.2 Å². The highest BCUT2D eigenvalue weighted by atomic mass is 32.2. The quantitative estimate of drug-likeness (QED) is 0.832. The molecule has 0 unspecified atom stereocenters. The molecule has 1 aromatic heterocycles. The van der Waals surface area contributed by atoms with Crippen molar-refractivity contribution in [1.82, 2.24) is 14.5 Å². The highest BCUT2D eigenvalue weighted by Gasteiger charge is 2.16. The largest absolute Gasteiger partial charge is 0.326 e. The Morgan fingerprint density at radius 1 is 1.21 bits per heavy atom. The molecule has 130 valence electrons. The maximum absolute atomic E-state index is 12.4. The van der Waals surface area contributed by atoms with Gasteiger partial charge in [0.2, 0.25) is 15.9 Å². The van der Waals surface area contributed by atoms with Gasteiger partial charge in [-0.2, -0.15) is 5.10 Å². The zero-order chi connectivity index (χ0) is 17.9. The monoisotopic (exact) mass is 350 g/mol. The van der Waals surface area contributed by atoms with Crippen molar-refractivity contribution < 1.29 is 13.2 Å². The lowest BCUT2D eigenvalue weighted by Gasteiger charge is -2.09. The summed E-state index contributed by atoms with van der Waals surface area (Å²) in [7, 11) is -1.81. The molecular weight excluding hydrogens is 328 g/mol. The summed E-state index contributed by atoms with van der Waals surface area (Å²) in [5, 5.41) is 6.95. The predicted molar refractivity (Wildman–Crippen MR) is 92.1 cm³/mol. The Morgan fingerprint density at radius 3 is 2.33 bits per heavy atom. The van der Waals surface area contributed by atoms with Gasteiger partial charge in [-0.05, 0) is 38.1 Å². The summed E-state index contributed by atoms with van der Waals surface area (Å²) < 4.78 is 29.1. The van der Waals surface area contributed by atoms with Gasteiger partial charge in [-0.1, -0.05) is 6.92 Å². The number of nitrogens with zero attached hydrogens (tertiary/aromatic N) is 2. The molecule has 0 saturated carbocycles. The lowest BCUT2D eigenvalue weighted by Crippen LogP contribution is -2.23. The number of sulfonamides is 1. The molecule has 8 heteroatoms. The summed E-state index contributed by atoms with van der Waals surface area (Å²) in [5.74, 6) is -0.119. The number of carbonyl (C=O) groups excluding carboxylic acids is 1. The highest BCUT2D eigenvalue weighted by molar-refractivity contribution is 7.89. The zero-order valence-electron chi connectivity index (χ0n) is 14.3. The van der Waals surface area contributed by atoms with Crippen LogP contribution >= 0.6 is 0 Å². The molecule has 1 amide bonds. The average Bonchev–Trinajstić information content (AvgIpc) is 2.78. The van der Waals surface area contributed by atoms with Crippen molar-refractivity contribution in [2.24, 2.45) is 7.05 Å². The fourth-order valence-electron chi connectivity index (χ4n) is 2.29. The van der Waals surface area contributed by atoms with Crippen LogP contribution in [0.4, 0.5) is 5.69 Å². The summed E-state index contributed by atoms with van der Waals surface area (Å²) >= 11 is 0. The molecule has 0 aliphatic carbocycles. The summed E-state index contributed by atoms with van der Waals surface area (Å²) in [6.07, 6.45) is 0.366. The summed E-state index contributed by atoms with van der Waals surface area (Å²) in [4.78, 5) is 11.5. The van der Waals surface area contributed by atoms with E-state index in [0.717, 1.165) is 17.0 Å². The molecule has 2 N–H and O–H groups in total. The van der Waals surface area contributed by atoms with Crippen molar-refractivity contribution >= 4 is 21.6 Å². The molecule has 1 aromatic carbocycles. The van der Waals surface area contributed by atoms with Gasteiger partial charge in [-0.3, -0.25) is 9.48 Å². The number of rotatable bonds is 6. The van der Waals surface area contributed by atoms with Gasteiger partial charge >= 0.3 is 0 Å². The molecule has 0 aliphatic heterocycles. The molecule has 1 heterocycles. The third-order valence-corrected chi connectivity index (χ3v) is 5.28. The van der Waals surface area contributed by atoms with Gasteiger partial charge in [0.1, 0.15) is 0 Å².